The molecule has 0 aliphatic heterocycles. The number of carbonyl (C=O) groups excluding carboxylic acids is 1. The maximum absolute atomic E-state index is 12.1. The number of nitrogens with one attached hydrogen (secondary N) is 2. The summed E-state index contributed by atoms with van der Waals surface area (Å²) in [5.41, 5.74) is 3.36. The molecule has 21 heavy (non-hydrogen) atoms. The van der Waals surface area contributed by atoms with Gasteiger partial charge in [0.05, 0.1) is 12.6 Å². The van der Waals surface area contributed by atoms with Crippen molar-refractivity contribution in [1.82, 2.24) is 15.5 Å². The molecule has 1 aromatic carbocycles. The van der Waals surface area contributed by atoms with E-state index >= 15 is 0 Å². The highest BCUT2D eigenvalue weighted by Crippen LogP contribution is 2.15. The number of benzene rings is 1. The molecule has 2 aromatic rings. The Labute approximate surface area is 124 Å². The Kier molecular flexibility index (Phi) is 5.11. The molecule has 0 aliphatic carbocycles. The zero-order valence-corrected chi connectivity index (χ0v) is 12.4. The molecular weight excluding hydrogens is 266 g/mol. The van der Waals surface area contributed by atoms with Gasteiger partial charge in [-0.2, -0.15) is 5.10 Å². The number of rotatable bonds is 6. The van der Waals surface area contributed by atoms with Gasteiger partial charge in [0.1, 0.15) is 5.69 Å². The molecular formula is C16H21N3O2. The van der Waals surface area contributed by atoms with Crippen LogP contribution in [0, 0.1) is 0 Å². The lowest BCUT2D eigenvalue weighted by atomic mass is 10.0. The van der Waals surface area contributed by atoms with Gasteiger partial charge in [-0.1, -0.05) is 38.1 Å². The number of amides is 1. The van der Waals surface area contributed by atoms with Gasteiger partial charge in [-0.15, -0.1) is 0 Å². The quantitative estimate of drug-likeness (QED) is 0.760. The molecule has 1 amide bonds. The van der Waals surface area contributed by atoms with Crippen LogP contribution in [0.15, 0.2) is 30.3 Å². The fourth-order valence-corrected chi connectivity index (χ4v) is 2.11. The van der Waals surface area contributed by atoms with Gasteiger partial charge in [0.25, 0.3) is 5.91 Å². The molecule has 5 heteroatoms. The van der Waals surface area contributed by atoms with E-state index in [4.69, 9.17) is 0 Å². The second-order valence-electron chi connectivity index (χ2n) is 4.94. The van der Waals surface area contributed by atoms with Gasteiger partial charge in [-0.3, -0.25) is 9.89 Å². The minimum absolute atomic E-state index is 0.151. The van der Waals surface area contributed by atoms with Crippen molar-refractivity contribution in [3.8, 4) is 0 Å². The van der Waals surface area contributed by atoms with Crippen molar-refractivity contribution in [2.24, 2.45) is 0 Å². The van der Waals surface area contributed by atoms with Crippen LogP contribution in [-0.2, 0) is 12.8 Å². The van der Waals surface area contributed by atoms with Crippen molar-refractivity contribution in [2.45, 2.75) is 32.7 Å². The molecule has 1 aromatic heterocycles. The van der Waals surface area contributed by atoms with Crippen LogP contribution in [0.2, 0.25) is 0 Å². The summed E-state index contributed by atoms with van der Waals surface area (Å²) in [6.45, 7) is 3.92. The number of H-pyrrole nitrogens is 1. The number of aromatic amines is 1. The lowest BCUT2D eigenvalue weighted by molar-refractivity contribution is 0.0911. The van der Waals surface area contributed by atoms with Crippen molar-refractivity contribution in [3.63, 3.8) is 0 Å². The summed E-state index contributed by atoms with van der Waals surface area (Å²) in [6.07, 6.45) is 1.76. The first kappa shape index (κ1) is 15.3. The van der Waals surface area contributed by atoms with Crippen molar-refractivity contribution in [1.29, 1.82) is 0 Å². The number of aryl methyl sites for hydroxylation is 2. The number of aromatic nitrogens is 2. The van der Waals surface area contributed by atoms with Crippen LogP contribution in [0.25, 0.3) is 0 Å². The molecule has 1 atom stereocenters. The molecule has 0 spiro atoms. The highest BCUT2D eigenvalue weighted by atomic mass is 16.3. The summed E-state index contributed by atoms with van der Waals surface area (Å²) in [5, 5.41) is 19.1. The zero-order valence-electron chi connectivity index (χ0n) is 12.4. The van der Waals surface area contributed by atoms with E-state index in [0.29, 0.717) is 5.69 Å². The van der Waals surface area contributed by atoms with Crippen LogP contribution in [0.5, 0.6) is 0 Å². The number of hydrogen-bond donors (Lipinski definition) is 3. The van der Waals surface area contributed by atoms with Crippen molar-refractivity contribution >= 4 is 5.91 Å². The zero-order chi connectivity index (χ0) is 15.2. The fraction of sp³-hybridized carbons (Fsp3) is 0.375. The summed E-state index contributed by atoms with van der Waals surface area (Å²) in [4.78, 5) is 12.1. The van der Waals surface area contributed by atoms with Gasteiger partial charge >= 0.3 is 0 Å². The minimum Gasteiger partial charge on any atom is -0.394 e. The number of aliphatic hydroxyl groups is 1. The monoisotopic (exact) mass is 287 g/mol. The summed E-state index contributed by atoms with van der Waals surface area (Å²) in [6, 6.07) is 9.18. The molecule has 0 radical (unpaired) electrons. The van der Waals surface area contributed by atoms with Crippen molar-refractivity contribution < 1.29 is 9.90 Å². The number of aliphatic hydroxyl groups excluding tert-OH is 1. The van der Waals surface area contributed by atoms with E-state index in [9.17, 15) is 9.90 Å². The largest absolute Gasteiger partial charge is 0.394 e. The van der Waals surface area contributed by atoms with Crippen LogP contribution < -0.4 is 5.32 Å². The molecule has 0 fully saturated rings. The second-order valence-corrected chi connectivity index (χ2v) is 4.94. The molecule has 0 aliphatic rings. The fourth-order valence-electron chi connectivity index (χ4n) is 2.11. The van der Waals surface area contributed by atoms with Crippen molar-refractivity contribution in [2.75, 3.05) is 6.61 Å². The Hall–Kier alpha value is -2.14. The third-order valence-corrected chi connectivity index (χ3v) is 3.52. The topological polar surface area (TPSA) is 78.0 Å². The maximum Gasteiger partial charge on any atom is 0.272 e. The van der Waals surface area contributed by atoms with Crippen LogP contribution in [0.1, 0.15) is 47.2 Å². The summed E-state index contributed by atoms with van der Waals surface area (Å²) >= 11 is 0. The lowest BCUT2D eigenvalue weighted by Crippen LogP contribution is -2.31. The van der Waals surface area contributed by atoms with E-state index in [1.54, 1.807) is 6.07 Å². The highest BCUT2D eigenvalue weighted by molar-refractivity contribution is 5.92. The molecule has 3 N–H and O–H groups in total. The predicted molar refractivity (Wildman–Crippen MR) is 81.1 cm³/mol. The maximum atomic E-state index is 12.1. The Balaban J connectivity index is 2.08. The van der Waals surface area contributed by atoms with Gasteiger partial charge in [-0.05, 0) is 30.0 Å². The standard InChI is InChI=1S/C16H21N3O2/c1-3-11-5-7-12(8-6-11)15(10-20)17-16(21)14-9-13(4-2)18-19-14/h5-9,15,20H,3-4,10H2,1-2H3,(H,17,21)(H,18,19). The molecule has 1 unspecified atom stereocenters. The van der Waals surface area contributed by atoms with Gasteiger partial charge in [0.2, 0.25) is 0 Å². The lowest BCUT2D eigenvalue weighted by Gasteiger charge is -2.16. The molecule has 112 valence electrons. The predicted octanol–water partition coefficient (Wildman–Crippen LogP) is 2.00. The van der Waals surface area contributed by atoms with E-state index < -0.39 is 6.04 Å². The SMILES string of the molecule is CCc1ccc(C(CO)NC(=O)c2cc(CC)[nH]n2)cc1. The average Bonchev–Trinajstić information content (AvgIpc) is 3.01. The van der Waals surface area contributed by atoms with Crippen LogP contribution >= 0.6 is 0 Å². The van der Waals surface area contributed by atoms with Gasteiger partial charge < -0.3 is 10.4 Å². The van der Waals surface area contributed by atoms with E-state index in [2.05, 4.69) is 22.4 Å². The average molecular weight is 287 g/mol. The summed E-state index contributed by atoms with van der Waals surface area (Å²) < 4.78 is 0. The van der Waals surface area contributed by atoms with Gasteiger partial charge in [0, 0.05) is 5.69 Å². The smallest absolute Gasteiger partial charge is 0.272 e. The van der Waals surface area contributed by atoms with E-state index in [1.165, 1.54) is 5.56 Å². The Morgan fingerprint density at radius 2 is 2.00 bits per heavy atom. The van der Waals surface area contributed by atoms with Gasteiger partial charge in [-0.25, -0.2) is 0 Å². The normalized spacial score (nSPS) is 12.1. The first-order valence-electron chi connectivity index (χ1n) is 7.22. The third kappa shape index (κ3) is 3.70. The first-order chi connectivity index (χ1) is 10.2. The third-order valence-electron chi connectivity index (χ3n) is 3.52. The van der Waals surface area contributed by atoms with Crippen molar-refractivity contribution in [3.05, 3.63) is 52.8 Å². The Morgan fingerprint density at radius 1 is 1.29 bits per heavy atom. The number of carbonyl (C=O) groups is 1. The molecule has 0 saturated carbocycles. The molecule has 0 saturated heterocycles. The molecule has 1 heterocycles. The molecule has 2 rings (SSSR count). The first-order valence-corrected chi connectivity index (χ1v) is 7.22. The van der Waals surface area contributed by atoms with Crippen LogP contribution in [0.4, 0.5) is 0 Å². The molecule has 0 bridgehead atoms. The van der Waals surface area contributed by atoms with E-state index in [0.717, 1.165) is 24.1 Å². The van der Waals surface area contributed by atoms with E-state index in [-0.39, 0.29) is 12.5 Å². The number of hydrogen-bond acceptors (Lipinski definition) is 3. The van der Waals surface area contributed by atoms with Crippen LogP contribution in [-0.4, -0.2) is 27.8 Å². The number of nitrogens with zero attached hydrogens (tertiary/aromatic N) is 1. The Bertz CT molecular complexity index is 590. The summed E-state index contributed by atoms with van der Waals surface area (Å²) in [7, 11) is 0. The highest BCUT2D eigenvalue weighted by Gasteiger charge is 2.17. The second kappa shape index (κ2) is 7.04. The molecule has 5 nitrogen and oxygen atoms in total. The minimum atomic E-state index is -0.426. The van der Waals surface area contributed by atoms with Gasteiger partial charge in [0.15, 0.2) is 0 Å². The van der Waals surface area contributed by atoms with E-state index in [1.807, 2.05) is 31.2 Å². The van der Waals surface area contributed by atoms with Crippen LogP contribution in [0.3, 0.4) is 0 Å². The Morgan fingerprint density at radius 3 is 2.52 bits per heavy atom. The summed E-state index contributed by atoms with van der Waals surface area (Å²) in [5.74, 6) is -0.287.